The number of benzene rings is 2. The summed E-state index contributed by atoms with van der Waals surface area (Å²) in [6.45, 7) is 1.30. The summed E-state index contributed by atoms with van der Waals surface area (Å²) in [5, 5.41) is 2.79. The molecule has 1 atom stereocenters. The Morgan fingerprint density at radius 2 is 1.91 bits per heavy atom. The molecule has 8 nitrogen and oxygen atoms in total. The Hall–Kier alpha value is -3.91. The molecule has 1 unspecified atom stereocenters. The highest BCUT2D eigenvalue weighted by atomic mass is 16.5. The van der Waals surface area contributed by atoms with Gasteiger partial charge in [-0.1, -0.05) is 6.07 Å². The molecule has 4 rings (SSSR count). The molecule has 1 aliphatic rings. The Morgan fingerprint density at radius 1 is 1.06 bits per heavy atom. The van der Waals surface area contributed by atoms with E-state index in [2.05, 4.69) is 10.3 Å². The van der Waals surface area contributed by atoms with Crippen molar-refractivity contribution in [1.82, 2.24) is 4.98 Å². The van der Waals surface area contributed by atoms with E-state index in [1.54, 1.807) is 54.6 Å². The van der Waals surface area contributed by atoms with Crippen molar-refractivity contribution in [2.24, 2.45) is 5.73 Å². The lowest BCUT2D eigenvalue weighted by Gasteiger charge is -2.12. The Bertz CT molecular complexity index is 1080. The average molecular weight is 433 g/mol. The molecule has 1 aliphatic heterocycles. The number of pyridine rings is 1. The summed E-state index contributed by atoms with van der Waals surface area (Å²) in [7, 11) is 0. The van der Waals surface area contributed by atoms with Crippen LogP contribution in [0.1, 0.15) is 33.6 Å². The molecule has 2 aromatic carbocycles. The SMILES string of the molecule is NC(=O)c1cccc(Oc2ccc(NC(=O)c3ccc(OCC4CCCO4)cc3)cn2)c1. The van der Waals surface area contributed by atoms with Crippen LogP contribution in [-0.4, -0.2) is 36.1 Å². The smallest absolute Gasteiger partial charge is 0.255 e. The molecule has 1 saturated heterocycles. The molecule has 8 heteroatoms. The van der Waals surface area contributed by atoms with E-state index in [0.29, 0.717) is 40.8 Å². The molecule has 2 heterocycles. The molecule has 0 aliphatic carbocycles. The fourth-order valence-electron chi connectivity index (χ4n) is 3.22. The van der Waals surface area contributed by atoms with Crippen LogP contribution in [0.25, 0.3) is 0 Å². The van der Waals surface area contributed by atoms with E-state index in [1.807, 2.05) is 0 Å². The molecule has 1 fully saturated rings. The van der Waals surface area contributed by atoms with Crippen molar-refractivity contribution in [1.29, 1.82) is 0 Å². The summed E-state index contributed by atoms with van der Waals surface area (Å²) in [4.78, 5) is 28.0. The molecule has 164 valence electrons. The summed E-state index contributed by atoms with van der Waals surface area (Å²) in [6, 6.07) is 16.7. The number of nitrogens with one attached hydrogen (secondary N) is 1. The van der Waals surface area contributed by atoms with E-state index in [9.17, 15) is 9.59 Å². The molecular weight excluding hydrogens is 410 g/mol. The molecule has 3 N–H and O–H groups in total. The topological polar surface area (TPSA) is 113 Å². The number of anilines is 1. The zero-order chi connectivity index (χ0) is 22.3. The van der Waals surface area contributed by atoms with E-state index >= 15 is 0 Å². The van der Waals surface area contributed by atoms with Gasteiger partial charge >= 0.3 is 0 Å². The maximum Gasteiger partial charge on any atom is 0.255 e. The number of aromatic nitrogens is 1. The van der Waals surface area contributed by atoms with Gasteiger partial charge in [-0.2, -0.15) is 0 Å². The minimum atomic E-state index is -0.538. The minimum absolute atomic E-state index is 0.143. The van der Waals surface area contributed by atoms with Crippen molar-refractivity contribution >= 4 is 17.5 Å². The Balaban J connectivity index is 1.31. The first-order valence-corrected chi connectivity index (χ1v) is 10.3. The van der Waals surface area contributed by atoms with Crippen LogP contribution >= 0.6 is 0 Å². The number of nitrogens with two attached hydrogens (primary N) is 1. The average Bonchev–Trinajstić information content (AvgIpc) is 3.33. The van der Waals surface area contributed by atoms with Crippen molar-refractivity contribution in [3.8, 4) is 17.4 Å². The maximum absolute atomic E-state index is 12.5. The van der Waals surface area contributed by atoms with Gasteiger partial charge in [0.2, 0.25) is 11.8 Å². The third kappa shape index (κ3) is 5.61. The highest BCUT2D eigenvalue weighted by molar-refractivity contribution is 6.04. The summed E-state index contributed by atoms with van der Waals surface area (Å²) >= 11 is 0. The molecule has 3 aromatic rings. The molecule has 0 radical (unpaired) electrons. The van der Waals surface area contributed by atoms with Gasteiger partial charge in [0.25, 0.3) is 5.91 Å². The van der Waals surface area contributed by atoms with Crippen LogP contribution in [0.4, 0.5) is 5.69 Å². The third-order valence-corrected chi connectivity index (χ3v) is 4.91. The summed E-state index contributed by atoms with van der Waals surface area (Å²) < 4.78 is 16.9. The number of ether oxygens (including phenoxy) is 3. The highest BCUT2D eigenvalue weighted by Crippen LogP contribution is 2.22. The molecule has 0 bridgehead atoms. The summed E-state index contributed by atoms with van der Waals surface area (Å²) in [6.07, 6.45) is 3.71. The van der Waals surface area contributed by atoms with Gasteiger partial charge in [0.1, 0.15) is 18.1 Å². The zero-order valence-corrected chi connectivity index (χ0v) is 17.3. The molecule has 2 amide bonds. The predicted molar refractivity (Wildman–Crippen MR) is 118 cm³/mol. The quantitative estimate of drug-likeness (QED) is 0.559. The molecule has 0 spiro atoms. The highest BCUT2D eigenvalue weighted by Gasteiger charge is 2.16. The Kier molecular flexibility index (Phi) is 6.62. The lowest BCUT2D eigenvalue weighted by atomic mass is 10.2. The van der Waals surface area contributed by atoms with Gasteiger partial charge in [-0.05, 0) is 61.4 Å². The molecule has 32 heavy (non-hydrogen) atoms. The second-order valence-electron chi connectivity index (χ2n) is 7.30. The van der Waals surface area contributed by atoms with E-state index in [0.717, 1.165) is 19.4 Å². The third-order valence-electron chi connectivity index (χ3n) is 4.91. The van der Waals surface area contributed by atoms with Crippen LogP contribution in [0.2, 0.25) is 0 Å². The second-order valence-corrected chi connectivity index (χ2v) is 7.30. The van der Waals surface area contributed by atoms with Crippen molar-refractivity contribution in [2.45, 2.75) is 18.9 Å². The first kappa shape index (κ1) is 21.3. The maximum atomic E-state index is 12.5. The van der Waals surface area contributed by atoms with Gasteiger partial charge in [0.15, 0.2) is 0 Å². The standard InChI is InChI=1S/C24H23N3O5/c25-23(28)17-3-1-4-20(13-17)32-22-11-8-18(14-26-22)27-24(29)16-6-9-19(10-7-16)31-15-21-5-2-12-30-21/h1,3-4,6-11,13-14,21H,2,5,12,15H2,(H2,25,28)(H,27,29). The van der Waals surface area contributed by atoms with E-state index < -0.39 is 5.91 Å². The number of rotatable bonds is 8. The van der Waals surface area contributed by atoms with Crippen LogP contribution in [-0.2, 0) is 4.74 Å². The Morgan fingerprint density at radius 3 is 2.59 bits per heavy atom. The van der Waals surface area contributed by atoms with Crippen LogP contribution in [0.5, 0.6) is 17.4 Å². The van der Waals surface area contributed by atoms with Gasteiger partial charge in [0.05, 0.1) is 18.0 Å². The first-order valence-electron chi connectivity index (χ1n) is 10.3. The fourth-order valence-corrected chi connectivity index (χ4v) is 3.22. The van der Waals surface area contributed by atoms with Gasteiger partial charge in [-0.15, -0.1) is 0 Å². The van der Waals surface area contributed by atoms with Gasteiger partial charge in [-0.25, -0.2) is 4.98 Å². The van der Waals surface area contributed by atoms with Gasteiger partial charge < -0.3 is 25.3 Å². The van der Waals surface area contributed by atoms with Crippen LogP contribution in [0.15, 0.2) is 66.9 Å². The lowest BCUT2D eigenvalue weighted by molar-refractivity contribution is 0.0679. The summed E-state index contributed by atoms with van der Waals surface area (Å²) in [5.41, 5.74) is 6.64. The second kappa shape index (κ2) is 9.93. The van der Waals surface area contributed by atoms with Crippen molar-refractivity contribution < 1.29 is 23.8 Å². The fraction of sp³-hybridized carbons (Fsp3) is 0.208. The number of hydrogen-bond acceptors (Lipinski definition) is 6. The number of carbonyl (C=O) groups excluding carboxylic acids is 2. The monoisotopic (exact) mass is 433 g/mol. The van der Waals surface area contributed by atoms with E-state index in [4.69, 9.17) is 19.9 Å². The van der Waals surface area contributed by atoms with Crippen molar-refractivity contribution in [3.63, 3.8) is 0 Å². The molecule has 0 saturated carbocycles. The molecular formula is C24H23N3O5. The van der Waals surface area contributed by atoms with Crippen LogP contribution in [0, 0.1) is 0 Å². The Labute approximate surface area is 185 Å². The first-order chi connectivity index (χ1) is 15.6. The number of nitrogens with zero attached hydrogens (tertiary/aromatic N) is 1. The number of primary amides is 1. The van der Waals surface area contributed by atoms with Crippen molar-refractivity contribution in [3.05, 3.63) is 78.0 Å². The number of amides is 2. The number of hydrogen-bond donors (Lipinski definition) is 2. The number of carbonyl (C=O) groups is 2. The van der Waals surface area contributed by atoms with E-state index in [1.165, 1.54) is 12.3 Å². The molecule has 1 aromatic heterocycles. The predicted octanol–water partition coefficient (Wildman–Crippen LogP) is 3.78. The summed E-state index contributed by atoms with van der Waals surface area (Å²) in [5.74, 6) is 0.648. The lowest BCUT2D eigenvalue weighted by Crippen LogP contribution is -2.16. The van der Waals surface area contributed by atoms with Gasteiger partial charge in [0, 0.05) is 23.8 Å². The van der Waals surface area contributed by atoms with Crippen molar-refractivity contribution in [2.75, 3.05) is 18.5 Å². The van der Waals surface area contributed by atoms with E-state index in [-0.39, 0.29) is 12.0 Å². The van der Waals surface area contributed by atoms with Crippen LogP contribution < -0.4 is 20.5 Å². The van der Waals surface area contributed by atoms with Gasteiger partial charge in [-0.3, -0.25) is 9.59 Å². The normalized spacial score (nSPS) is 15.2. The largest absolute Gasteiger partial charge is 0.491 e. The minimum Gasteiger partial charge on any atom is -0.491 e. The van der Waals surface area contributed by atoms with Crippen LogP contribution in [0.3, 0.4) is 0 Å². The zero-order valence-electron chi connectivity index (χ0n) is 17.3.